The van der Waals surface area contributed by atoms with Gasteiger partial charge in [-0.05, 0) is 37.5 Å². The number of phenols is 1. The van der Waals surface area contributed by atoms with Gasteiger partial charge in [-0.3, -0.25) is 14.4 Å². The quantitative estimate of drug-likeness (QED) is 0.219. The fourth-order valence-corrected chi connectivity index (χ4v) is 2.69. The number of carbonyl (C=O) groups is 4. The van der Waals surface area contributed by atoms with Crippen molar-refractivity contribution in [2.24, 2.45) is 11.7 Å². The van der Waals surface area contributed by atoms with Crippen molar-refractivity contribution in [3.05, 3.63) is 29.8 Å². The maximum absolute atomic E-state index is 12.8. The number of aliphatic hydroxyl groups is 1. The summed E-state index contributed by atoms with van der Waals surface area (Å²) in [5.41, 5.74) is 6.50. The van der Waals surface area contributed by atoms with Crippen LogP contribution in [-0.4, -0.2) is 69.3 Å². The Balaban J connectivity index is 2.95. The third-order valence-corrected chi connectivity index (χ3v) is 4.83. The smallest absolute Gasteiger partial charge is 0.328 e. The molecule has 0 radical (unpaired) electrons. The first-order valence-electron chi connectivity index (χ1n) is 10.2. The molecule has 0 saturated heterocycles. The summed E-state index contributed by atoms with van der Waals surface area (Å²) in [6.07, 6.45) is -1.29. The molecule has 3 amide bonds. The molecule has 32 heavy (non-hydrogen) atoms. The number of nitrogens with one attached hydrogen (secondary N) is 3. The van der Waals surface area contributed by atoms with E-state index in [1.807, 2.05) is 0 Å². The number of rotatable bonds is 11. The number of carboxylic acids is 1. The van der Waals surface area contributed by atoms with Gasteiger partial charge >= 0.3 is 5.97 Å². The Morgan fingerprint density at radius 1 is 0.906 bits per heavy atom. The van der Waals surface area contributed by atoms with Gasteiger partial charge in [0.25, 0.3) is 0 Å². The van der Waals surface area contributed by atoms with E-state index in [4.69, 9.17) is 10.8 Å². The number of aromatic hydroxyl groups is 1. The molecule has 5 unspecified atom stereocenters. The van der Waals surface area contributed by atoms with Crippen molar-refractivity contribution in [1.82, 2.24) is 16.0 Å². The monoisotopic (exact) mass is 452 g/mol. The summed E-state index contributed by atoms with van der Waals surface area (Å²) < 4.78 is 0. The highest BCUT2D eigenvalue weighted by Crippen LogP contribution is 2.12. The van der Waals surface area contributed by atoms with Crippen LogP contribution in [0.3, 0.4) is 0 Å². The molecule has 0 bridgehead atoms. The molecule has 5 atom stereocenters. The number of nitrogens with two attached hydrogens (primary N) is 1. The van der Waals surface area contributed by atoms with Crippen molar-refractivity contribution in [1.29, 1.82) is 0 Å². The van der Waals surface area contributed by atoms with Crippen LogP contribution >= 0.6 is 0 Å². The molecule has 11 heteroatoms. The first kappa shape index (κ1) is 26.9. The molecule has 0 aliphatic heterocycles. The Morgan fingerprint density at radius 2 is 1.47 bits per heavy atom. The van der Waals surface area contributed by atoms with E-state index < -0.39 is 54.0 Å². The lowest BCUT2D eigenvalue weighted by Crippen LogP contribution is -2.58. The van der Waals surface area contributed by atoms with Crippen LogP contribution in [0.5, 0.6) is 5.75 Å². The molecule has 0 spiro atoms. The van der Waals surface area contributed by atoms with Gasteiger partial charge in [0.1, 0.15) is 17.8 Å². The largest absolute Gasteiger partial charge is 0.508 e. The number of benzene rings is 1. The molecule has 0 aliphatic carbocycles. The maximum atomic E-state index is 12.8. The van der Waals surface area contributed by atoms with Crippen LogP contribution in [0.15, 0.2) is 24.3 Å². The van der Waals surface area contributed by atoms with Crippen molar-refractivity contribution in [2.75, 3.05) is 0 Å². The zero-order chi connectivity index (χ0) is 24.6. The van der Waals surface area contributed by atoms with Gasteiger partial charge in [-0.25, -0.2) is 4.79 Å². The minimum atomic E-state index is -1.54. The Bertz CT molecular complexity index is 811. The molecule has 0 fully saturated rings. The SMILES string of the molecule is CC(NC(=O)C(Cc1ccc(O)cc1)NC(=O)C(N)C(C)C)C(=O)NC(C(=O)O)C(C)O. The van der Waals surface area contributed by atoms with E-state index in [1.54, 1.807) is 26.0 Å². The summed E-state index contributed by atoms with van der Waals surface area (Å²) in [7, 11) is 0. The molecule has 0 aromatic heterocycles. The molecule has 0 heterocycles. The number of hydrogen-bond donors (Lipinski definition) is 7. The highest BCUT2D eigenvalue weighted by molar-refractivity contribution is 5.94. The Morgan fingerprint density at radius 3 is 1.94 bits per heavy atom. The Kier molecular flexibility index (Phi) is 10.1. The number of amides is 3. The van der Waals surface area contributed by atoms with Crippen LogP contribution in [-0.2, 0) is 25.6 Å². The van der Waals surface area contributed by atoms with Crippen molar-refractivity contribution >= 4 is 23.7 Å². The normalized spacial score (nSPS) is 15.7. The summed E-state index contributed by atoms with van der Waals surface area (Å²) in [5, 5.41) is 35.2. The van der Waals surface area contributed by atoms with Crippen LogP contribution in [0.25, 0.3) is 0 Å². The lowest BCUT2D eigenvalue weighted by atomic mass is 10.0. The van der Waals surface area contributed by atoms with Gasteiger partial charge in [-0.2, -0.15) is 0 Å². The van der Waals surface area contributed by atoms with Gasteiger partial charge in [0.2, 0.25) is 17.7 Å². The van der Waals surface area contributed by atoms with Crippen molar-refractivity contribution < 1.29 is 34.5 Å². The minimum absolute atomic E-state index is 0.0389. The highest BCUT2D eigenvalue weighted by atomic mass is 16.4. The van der Waals surface area contributed by atoms with Crippen LogP contribution in [0, 0.1) is 5.92 Å². The predicted molar refractivity (Wildman–Crippen MR) is 115 cm³/mol. The van der Waals surface area contributed by atoms with Gasteiger partial charge in [0.15, 0.2) is 6.04 Å². The minimum Gasteiger partial charge on any atom is -0.508 e. The third kappa shape index (κ3) is 8.16. The van der Waals surface area contributed by atoms with Gasteiger partial charge in [0.05, 0.1) is 12.1 Å². The van der Waals surface area contributed by atoms with Crippen molar-refractivity contribution in [2.45, 2.75) is 64.4 Å². The molecule has 0 saturated carbocycles. The summed E-state index contributed by atoms with van der Waals surface area (Å²) in [6, 6.07) is 1.40. The number of carboxylic acid groups (broad SMARTS) is 1. The van der Waals surface area contributed by atoms with E-state index in [-0.39, 0.29) is 18.1 Å². The standard InChI is InChI=1S/C21H32N4O7/c1-10(2)16(22)20(30)24-15(9-13-5-7-14(27)8-6-13)19(29)23-11(3)18(28)25-17(12(4)26)21(31)32/h5-8,10-12,15-17,26-27H,9,22H2,1-4H3,(H,23,29)(H,24,30)(H,25,28)(H,31,32). The van der Waals surface area contributed by atoms with Crippen LogP contribution in [0.4, 0.5) is 0 Å². The maximum Gasteiger partial charge on any atom is 0.328 e. The topological polar surface area (TPSA) is 191 Å². The second-order valence-corrected chi connectivity index (χ2v) is 8.00. The van der Waals surface area contributed by atoms with Gasteiger partial charge in [-0.1, -0.05) is 26.0 Å². The Hall–Kier alpha value is -3.18. The summed E-state index contributed by atoms with van der Waals surface area (Å²) in [6.45, 7) is 6.07. The second-order valence-electron chi connectivity index (χ2n) is 8.00. The van der Waals surface area contributed by atoms with Crippen molar-refractivity contribution in [3.8, 4) is 5.75 Å². The first-order chi connectivity index (χ1) is 14.8. The molecule has 1 aromatic rings. The zero-order valence-corrected chi connectivity index (χ0v) is 18.5. The zero-order valence-electron chi connectivity index (χ0n) is 18.5. The van der Waals surface area contributed by atoms with Crippen LogP contribution in [0.1, 0.15) is 33.3 Å². The summed E-state index contributed by atoms with van der Waals surface area (Å²) in [5.74, 6) is -3.61. The molecule has 1 aromatic carbocycles. The fraction of sp³-hybridized carbons (Fsp3) is 0.524. The lowest BCUT2D eigenvalue weighted by Gasteiger charge is -2.25. The average molecular weight is 453 g/mol. The van der Waals surface area contributed by atoms with E-state index in [1.165, 1.54) is 26.0 Å². The molecule has 0 aliphatic rings. The number of phenolic OH excluding ortho intramolecular Hbond substituents is 1. The highest BCUT2D eigenvalue weighted by Gasteiger charge is 2.30. The van der Waals surface area contributed by atoms with Gasteiger partial charge < -0.3 is 37.0 Å². The molecule has 8 N–H and O–H groups in total. The number of hydrogen-bond acceptors (Lipinski definition) is 7. The van der Waals surface area contributed by atoms with Gasteiger partial charge in [0, 0.05) is 6.42 Å². The van der Waals surface area contributed by atoms with E-state index in [9.17, 15) is 29.4 Å². The summed E-state index contributed by atoms with van der Waals surface area (Å²) >= 11 is 0. The van der Waals surface area contributed by atoms with E-state index in [2.05, 4.69) is 16.0 Å². The number of aliphatic carboxylic acids is 1. The Labute approximate surface area is 186 Å². The van der Waals surface area contributed by atoms with Crippen molar-refractivity contribution in [3.63, 3.8) is 0 Å². The lowest BCUT2D eigenvalue weighted by molar-refractivity contribution is -0.145. The molecular weight excluding hydrogens is 420 g/mol. The average Bonchev–Trinajstić information content (AvgIpc) is 2.71. The predicted octanol–water partition coefficient (Wildman–Crippen LogP) is -1.14. The molecule has 1 rings (SSSR count). The van der Waals surface area contributed by atoms with E-state index in [0.717, 1.165) is 0 Å². The number of carbonyl (C=O) groups excluding carboxylic acids is 3. The van der Waals surface area contributed by atoms with Crippen LogP contribution in [0.2, 0.25) is 0 Å². The first-order valence-corrected chi connectivity index (χ1v) is 10.2. The van der Waals surface area contributed by atoms with Gasteiger partial charge in [-0.15, -0.1) is 0 Å². The fourth-order valence-electron chi connectivity index (χ4n) is 2.69. The third-order valence-electron chi connectivity index (χ3n) is 4.83. The van der Waals surface area contributed by atoms with E-state index >= 15 is 0 Å². The molecular formula is C21H32N4O7. The number of aliphatic hydroxyl groups excluding tert-OH is 1. The molecule has 11 nitrogen and oxygen atoms in total. The second kappa shape index (κ2) is 12.0. The summed E-state index contributed by atoms with van der Waals surface area (Å²) in [4.78, 5) is 48.7. The molecule has 178 valence electrons. The van der Waals surface area contributed by atoms with E-state index in [0.29, 0.717) is 5.56 Å². The van der Waals surface area contributed by atoms with Crippen LogP contribution < -0.4 is 21.7 Å².